The summed E-state index contributed by atoms with van der Waals surface area (Å²) in [6.07, 6.45) is 48.9. The van der Waals surface area contributed by atoms with Gasteiger partial charge in [0.15, 0.2) is 0 Å². The van der Waals surface area contributed by atoms with Gasteiger partial charge < -0.3 is 32.3 Å². The number of rotatable bonds is 48. The standard InChI is InChI=1S/C51H106N6O2/c1-4-6-8-10-12-14-16-18-20-22-24-26-28-30-32-38-45-57(3,46-39-33-31-29-27-25-23-21-19-17-15-13-11-9-7-5-2)47-44-55-51(59)49(41-35-37-43-53)56-50(58)48(54)40-34-36-42-52/h48-49H,4-47,52-54H2,1-3H3,(H-,55,56,58,59)/p+1/t48-,49-/m0/s1. The molecule has 0 fully saturated rings. The van der Waals surface area contributed by atoms with Crippen molar-refractivity contribution in [3.8, 4) is 0 Å². The van der Waals surface area contributed by atoms with E-state index in [1.807, 2.05) is 0 Å². The molecule has 8 nitrogen and oxygen atoms in total. The lowest BCUT2D eigenvalue weighted by Gasteiger charge is -2.35. The summed E-state index contributed by atoms with van der Waals surface area (Å²) in [6.45, 7) is 9.64. The first-order valence-electron chi connectivity index (χ1n) is 26.4. The third-order valence-corrected chi connectivity index (χ3v) is 12.9. The average Bonchev–Trinajstić information content (AvgIpc) is 3.23. The molecule has 0 unspecified atom stereocenters. The molecule has 0 spiro atoms. The van der Waals surface area contributed by atoms with Crippen LogP contribution in [0.3, 0.4) is 0 Å². The number of likely N-dealkylation sites (N-methyl/N-ethyl adjacent to an activating group) is 1. The summed E-state index contributed by atoms with van der Waals surface area (Å²) in [4.78, 5) is 26.4. The smallest absolute Gasteiger partial charge is 0.242 e. The van der Waals surface area contributed by atoms with Crippen LogP contribution in [0.2, 0.25) is 0 Å². The van der Waals surface area contributed by atoms with Gasteiger partial charge in [0.25, 0.3) is 0 Å². The van der Waals surface area contributed by atoms with E-state index < -0.39 is 12.1 Å². The van der Waals surface area contributed by atoms with Crippen LogP contribution in [-0.2, 0) is 9.59 Å². The van der Waals surface area contributed by atoms with E-state index in [0.29, 0.717) is 32.5 Å². The number of amides is 2. The fourth-order valence-electron chi connectivity index (χ4n) is 8.67. The molecule has 0 radical (unpaired) electrons. The van der Waals surface area contributed by atoms with E-state index in [9.17, 15) is 9.59 Å². The third kappa shape index (κ3) is 39.4. The van der Waals surface area contributed by atoms with Crippen LogP contribution in [0.25, 0.3) is 0 Å². The molecule has 0 rings (SSSR count). The molecule has 59 heavy (non-hydrogen) atoms. The van der Waals surface area contributed by atoms with Gasteiger partial charge in [0.2, 0.25) is 11.8 Å². The Morgan fingerprint density at radius 3 is 1.08 bits per heavy atom. The Bertz CT molecular complexity index is 852. The van der Waals surface area contributed by atoms with Gasteiger partial charge >= 0.3 is 0 Å². The van der Waals surface area contributed by atoms with Crippen LogP contribution in [0.5, 0.6) is 0 Å². The van der Waals surface area contributed by atoms with Crippen molar-refractivity contribution in [2.45, 2.75) is 270 Å². The average molecular weight is 836 g/mol. The Balaban J connectivity index is 4.70. The molecule has 0 aromatic carbocycles. The maximum atomic E-state index is 13.5. The summed E-state index contributed by atoms with van der Waals surface area (Å²) in [6, 6.07) is -1.19. The quantitative estimate of drug-likeness (QED) is 0.0307. The topological polar surface area (TPSA) is 136 Å². The van der Waals surface area contributed by atoms with Crippen molar-refractivity contribution in [3.05, 3.63) is 0 Å². The van der Waals surface area contributed by atoms with Gasteiger partial charge in [-0.15, -0.1) is 0 Å². The van der Waals surface area contributed by atoms with E-state index in [0.717, 1.165) is 36.7 Å². The van der Waals surface area contributed by atoms with Crippen LogP contribution in [0.4, 0.5) is 0 Å². The minimum Gasteiger partial charge on any atom is -0.349 e. The summed E-state index contributed by atoms with van der Waals surface area (Å²) in [5, 5.41) is 6.18. The van der Waals surface area contributed by atoms with Gasteiger partial charge in [0.1, 0.15) is 6.04 Å². The number of hydrogen-bond acceptors (Lipinski definition) is 5. The Morgan fingerprint density at radius 2 is 0.746 bits per heavy atom. The lowest BCUT2D eigenvalue weighted by atomic mass is 10.0. The zero-order chi connectivity index (χ0) is 43.3. The largest absolute Gasteiger partial charge is 0.349 e. The fraction of sp³-hybridized carbons (Fsp3) is 0.961. The van der Waals surface area contributed by atoms with Gasteiger partial charge in [0, 0.05) is 0 Å². The summed E-state index contributed by atoms with van der Waals surface area (Å²) < 4.78 is 1.01. The van der Waals surface area contributed by atoms with E-state index in [2.05, 4.69) is 31.5 Å². The molecule has 352 valence electrons. The van der Waals surface area contributed by atoms with Gasteiger partial charge in [0.05, 0.1) is 39.3 Å². The Hall–Kier alpha value is -1.22. The monoisotopic (exact) mass is 836 g/mol. The van der Waals surface area contributed by atoms with E-state index >= 15 is 0 Å². The molecule has 0 bridgehead atoms. The van der Waals surface area contributed by atoms with Crippen LogP contribution in [0, 0.1) is 0 Å². The molecule has 0 heterocycles. The number of nitrogens with two attached hydrogens (primary N) is 3. The SMILES string of the molecule is CCCCCCCCCCCCCCCCCC[N+](C)(CCCCCCCCCCCCCCCCCC)CCNC(=O)[C@H](CCCCN)NC(=O)[C@@H](N)CCCCN. The highest BCUT2D eigenvalue weighted by molar-refractivity contribution is 5.89. The first kappa shape index (κ1) is 57.8. The third-order valence-electron chi connectivity index (χ3n) is 12.9. The zero-order valence-corrected chi connectivity index (χ0v) is 40.3. The zero-order valence-electron chi connectivity index (χ0n) is 40.3. The first-order valence-corrected chi connectivity index (χ1v) is 26.4. The van der Waals surface area contributed by atoms with E-state index in [4.69, 9.17) is 17.2 Å². The van der Waals surface area contributed by atoms with Crippen molar-refractivity contribution < 1.29 is 14.1 Å². The van der Waals surface area contributed by atoms with Crippen molar-refractivity contribution in [1.82, 2.24) is 10.6 Å². The van der Waals surface area contributed by atoms with Gasteiger partial charge in [-0.05, 0) is 70.9 Å². The highest BCUT2D eigenvalue weighted by atomic mass is 16.2. The minimum atomic E-state index is -0.620. The molecule has 0 saturated heterocycles. The van der Waals surface area contributed by atoms with Gasteiger partial charge in [-0.3, -0.25) is 9.59 Å². The number of nitrogens with zero attached hydrogens (tertiary/aromatic N) is 1. The maximum absolute atomic E-state index is 13.5. The second-order valence-electron chi connectivity index (χ2n) is 18.9. The summed E-state index contributed by atoms with van der Waals surface area (Å²) in [5.74, 6) is -0.344. The van der Waals surface area contributed by atoms with Gasteiger partial charge in [-0.2, -0.15) is 0 Å². The number of unbranched alkanes of at least 4 members (excludes halogenated alkanes) is 32. The molecule has 0 saturated carbocycles. The lowest BCUT2D eigenvalue weighted by molar-refractivity contribution is -0.908. The van der Waals surface area contributed by atoms with Crippen LogP contribution < -0.4 is 27.8 Å². The molecule has 0 aliphatic carbocycles. The van der Waals surface area contributed by atoms with Gasteiger partial charge in [-0.1, -0.05) is 200 Å². The van der Waals surface area contributed by atoms with E-state index in [-0.39, 0.29) is 11.8 Å². The highest BCUT2D eigenvalue weighted by Gasteiger charge is 2.25. The second kappa shape index (κ2) is 44.8. The van der Waals surface area contributed by atoms with Crippen molar-refractivity contribution in [3.63, 3.8) is 0 Å². The van der Waals surface area contributed by atoms with Crippen LogP contribution >= 0.6 is 0 Å². The summed E-state index contributed by atoms with van der Waals surface area (Å²) in [7, 11) is 2.41. The highest BCUT2D eigenvalue weighted by Crippen LogP contribution is 2.17. The van der Waals surface area contributed by atoms with Crippen molar-refractivity contribution in [1.29, 1.82) is 0 Å². The van der Waals surface area contributed by atoms with Crippen LogP contribution in [0.1, 0.15) is 258 Å². The molecule has 2 atom stereocenters. The number of hydrogen-bond donors (Lipinski definition) is 5. The Morgan fingerprint density at radius 1 is 0.424 bits per heavy atom. The molecular formula is C51H107N6O2+. The normalized spacial score (nSPS) is 12.8. The number of quaternary nitrogens is 1. The van der Waals surface area contributed by atoms with Crippen LogP contribution in [0.15, 0.2) is 0 Å². The number of nitrogens with one attached hydrogen (secondary N) is 2. The predicted molar refractivity (Wildman–Crippen MR) is 259 cm³/mol. The van der Waals surface area contributed by atoms with Crippen molar-refractivity contribution >= 4 is 11.8 Å². The van der Waals surface area contributed by atoms with Gasteiger partial charge in [-0.25, -0.2) is 0 Å². The predicted octanol–water partition coefficient (Wildman–Crippen LogP) is 12.1. The Labute approximate surface area is 368 Å². The molecule has 0 aliphatic rings. The molecule has 0 aliphatic heterocycles. The first-order chi connectivity index (χ1) is 28.8. The number of carbonyl (C=O) groups is 2. The van der Waals surface area contributed by atoms with Crippen molar-refractivity contribution in [2.24, 2.45) is 17.2 Å². The molecule has 0 aromatic heterocycles. The molecule has 8 heteroatoms. The lowest BCUT2D eigenvalue weighted by Crippen LogP contribution is -2.54. The Kier molecular flexibility index (Phi) is 43.9. The summed E-state index contributed by atoms with van der Waals surface area (Å²) in [5.41, 5.74) is 17.6. The number of carbonyl (C=O) groups excluding carboxylic acids is 2. The maximum Gasteiger partial charge on any atom is 0.242 e. The van der Waals surface area contributed by atoms with E-state index in [1.54, 1.807) is 0 Å². The molecule has 2 amide bonds. The summed E-state index contributed by atoms with van der Waals surface area (Å²) >= 11 is 0. The molecule has 0 aromatic rings. The minimum absolute atomic E-state index is 0.0964. The second-order valence-corrected chi connectivity index (χ2v) is 18.9. The van der Waals surface area contributed by atoms with Crippen LogP contribution in [-0.4, -0.2) is 74.7 Å². The fourth-order valence-corrected chi connectivity index (χ4v) is 8.67. The molecular weight excluding hydrogens is 729 g/mol. The molecule has 8 N–H and O–H groups in total. The van der Waals surface area contributed by atoms with E-state index in [1.165, 1.54) is 219 Å². The van der Waals surface area contributed by atoms with Crippen molar-refractivity contribution in [2.75, 3.05) is 46.3 Å².